The minimum Gasteiger partial charge on any atom is -0.486 e. The Hall–Kier alpha value is -1.16. The van der Waals surface area contributed by atoms with Crippen LogP contribution >= 0.6 is 0 Å². The van der Waals surface area contributed by atoms with Gasteiger partial charge >= 0.3 is 0 Å². The number of hydrogen-bond donors (Lipinski definition) is 1. The number of nitrogens with zero attached hydrogens (tertiary/aromatic N) is 1. The van der Waals surface area contributed by atoms with Crippen molar-refractivity contribution in [2.45, 2.75) is 6.10 Å². The molecule has 0 unspecified atom stereocenters. The van der Waals surface area contributed by atoms with E-state index in [0.29, 0.717) is 5.75 Å². The minimum atomic E-state index is -0.361. The second kappa shape index (κ2) is 3.06. The molecular formula is C8H9FN2O. The first kappa shape index (κ1) is 7.49. The van der Waals surface area contributed by atoms with Gasteiger partial charge in [0.1, 0.15) is 17.7 Å². The first-order valence-corrected chi connectivity index (χ1v) is 3.82. The average Bonchev–Trinajstić information content (AvgIpc) is 1.97. The van der Waals surface area contributed by atoms with Crippen LogP contribution in [0.25, 0.3) is 0 Å². The van der Waals surface area contributed by atoms with Gasteiger partial charge in [0.15, 0.2) is 0 Å². The third-order valence-electron chi connectivity index (χ3n) is 1.73. The molecule has 0 amide bonds. The van der Waals surface area contributed by atoms with Crippen LogP contribution in [0.2, 0.25) is 0 Å². The third-order valence-corrected chi connectivity index (χ3v) is 1.73. The maximum absolute atomic E-state index is 12.6. The van der Waals surface area contributed by atoms with E-state index in [1.807, 2.05) is 0 Å². The smallest absolute Gasteiger partial charge is 0.145 e. The fourth-order valence-electron chi connectivity index (χ4n) is 0.995. The predicted molar refractivity (Wildman–Crippen MR) is 41.5 cm³/mol. The molecule has 0 spiro atoms. The summed E-state index contributed by atoms with van der Waals surface area (Å²) in [5, 5.41) is 3.06. The van der Waals surface area contributed by atoms with Crippen LogP contribution in [0.5, 0.6) is 5.75 Å². The van der Waals surface area contributed by atoms with Gasteiger partial charge in [0.05, 0.1) is 12.4 Å². The monoisotopic (exact) mass is 168 g/mol. The molecule has 0 radical (unpaired) electrons. The van der Waals surface area contributed by atoms with Crippen molar-refractivity contribution in [1.29, 1.82) is 0 Å². The van der Waals surface area contributed by atoms with Gasteiger partial charge in [-0.3, -0.25) is 4.98 Å². The SMILES string of the molecule is Fc1cncc(OC2CNC2)c1. The molecule has 0 saturated carbocycles. The summed E-state index contributed by atoms with van der Waals surface area (Å²) in [6.45, 7) is 1.66. The molecule has 2 heterocycles. The number of ether oxygens (including phenoxy) is 1. The first-order valence-electron chi connectivity index (χ1n) is 3.82. The standard InChI is InChI=1S/C8H9FN2O/c9-6-1-7(3-10-2-6)12-8-4-11-5-8/h1-3,8,11H,4-5H2. The lowest BCUT2D eigenvalue weighted by molar-refractivity contribution is 0.141. The maximum atomic E-state index is 12.6. The third kappa shape index (κ3) is 1.53. The summed E-state index contributed by atoms with van der Waals surface area (Å²) >= 11 is 0. The zero-order chi connectivity index (χ0) is 8.39. The molecule has 1 aromatic rings. The molecule has 1 aromatic heterocycles. The fraction of sp³-hybridized carbons (Fsp3) is 0.375. The van der Waals surface area contributed by atoms with E-state index >= 15 is 0 Å². The van der Waals surface area contributed by atoms with E-state index in [4.69, 9.17) is 4.74 Å². The van der Waals surface area contributed by atoms with Gasteiger partial charge in [-0.15, -0.1) is 0 Å². The van der Waals surface area contributed by atoms with E-state index in [-0.39, 0.29) is 11.9 Å². The summed E-state index contributed by atoms with van der Waals surface area (Å²) in [5.74, 6) is 0.140. The van der Waals surface area contributed by atoms with Crippen LogP contribution in [0.3, 0.4) is 0 Å². The lowest BCUT2D eigenvalue weighted by Crippen LogP contribution is -2.50. The Kier molecular flexibility index (Phi) is 1.91. The van der Waals surface area contributed by atoms with Crippen molar-refractivity contribution in [3.8, 4) is 5.75 Å². The van der Waals surface area contributed by atoms with Crippen LogP contribution in [0.1, 0.15) is 0 Å². The number of rotatable bonds is 2. The van der Waals surface area contributed by atoms with Gasteiger partial charge in [-0.1, -0.05) is 0 Å². The van der Waals surface area contributed by atoms with Crippen molar-refractivity contribution in [1.82, 2.24) is 10.3 Å². The molecule has 2 rings (SSSR count). The number of aromatic nitrogens is 1. The molecule has 0 aliphatic carbocycles. The molecule has 0 atom stereocenters. The van der Waals surface area contributed by atoms with Crippen LogP contribution in [0, 0.1) is 5.82 Å². The van der Waals surface area contributed by atoms with Crippen LogP contribution in [-0.4, -0.2) is 24.2 Å². The highest BCUT2D eigenvalue weighted by Gasteiger charge is 2.18. The summed E-state index contributed by atoms with van der Waals surface area (Å²) in [4.78, 5) is 3.68. The Morgan fingerprint density at radius 3 is 2.92 bits per heavy atom. The molecule has 12 heavy (non-hydrogen) atoms. The number of halogens is 1. The average molecular weight is 168 g/mol. The van der Waals surface area contributed by atoms with Crippen molar-refractivity contribution in [3.05, 3.63) is 24.3 Å². The van der Waals surface area contributed by atoms with Crippen molar-refractivity contribution in [2.24, 2.45) is 0 Å². The normalized spacial score (nSPS) is 17.1. The van der Waals surface area contributed by atoms with Crippen molar-refractivity contribution >= 4 is 0 Å². The lowest BCUT2D eigenvalue weighted by Gasteiger charge is -2.27. The van der Waals surface area contributed by atoms with E-state index in [1.54, 1.807) is 0 Å². The summed E-state index contributed by atoms with van der Waals surface area (Å²) < 4.78 is 17.9. The quantitative estimate of drug-likeness (QED) is 0.701. The first-order chi connectivity index (χ1) is 5.84. The largest absolute Gasteiger partial charge is 0.486 e. The molecule has 1 aliphatic rings. The Morgan fingerprint density at radius 2 is 2.33 bits per heavy atom. The molecule has 1 N–H and O–H groups in total. The van der Waals surface area contributed by atoms with Crippen LogP contribution in [0.4, 0.5) is 4.39 Å². The topological polar surface area (TPSA) is 34.1 Å². The van der Waals surface area contributed by atoms with E-state index in [0.717, 1.165) is 19.3 Å². The Bertz CT molecular complexity index is 276. The summed E-state index contributed by atoms with van der Waals surface area (Å²) in [7, 11) is 0. The van der Waals surface area contributed by atoms with Gasteiger partial charge in [0.2, 0.25) is 0 Å². The highest BCUT2D eigenvalue weighted by atomic mass is 19.1. The van der Waals surface area contributed by atoms with Crippen molar-refractivity contribution in [3.63, 3.8) is 0 Å². The summed E-state index contributed by atoms with van der Waals surface area (Å²) in [5.41, 5.74) is 0. The number of nitrogens with one attached hydrogen (secondary N) is 1. The molecule has 0 bridgehead atoms. The molecule has 3 nitrogen and oxygen atoms in total. The van der Waals surface area contributed by atoms with Crippen LogP contribution in [-0.2, 0) is 0 Å². The van der Waals surface area contributed by atoms with E-state index in [9.17, 15) is 4.39 Å². The highest BCUT2D eigenvalue weighted by Crippen LogP contribution is 2.13. The fourth-order valence-corrected chi connectivity index (χ4v) is 0.995. The van der Waals surface area contributed by atoms with Crippen molar-refractivity contribution in [2.75, 3.05) is 13.1 Å². The molecule has 64 valence electrons. The number of hydrogen-bond acceptors (Lipinski definition) is 3. The molecule has 1 aliphatic heterocycles. The van der Waals surface area contributed by atoms with Gasteiger partial charge < -0.3 is 10.1 Å². The maximum Gasteiger partial charge on any atom is 0.145 e. The van der Waals surface area contributed by atoms with Gasteiger partial charge in [-0.25, -0.2) is 4.39 Å². The van der Waals surface area contributed by atoms with Gasteiger partial charge in [0, 0.05) is 19.2 Å². The minimum absolute atomic E-state index is 0.175. The van der Waals surface area contributed by atoms with E-state index in [1.165, 1.54) is 12.3 Å². The number of pyridine rings is 1. The van der Waals surface area contributed by atoms with Crippen LogP contribution in [0.15, 0.2) is 18.5 Å². The second-order valence-corrected chi connectivity index (χ2v) is 2.74. The zero-order valence-corrected chi connectivity index (χ0v) is 6.46. The predicted octanol–water partition coefficient (Wildman–Crippen LogP) is 0.571. The van der Waals surface area contributed by atoms with Crippen LogP contribution < -0.4 is 10.1 Å². The van der Waals surface area contributed by atoms with E-state index < -0.39 is 0 Å². The zero-order valence-electron chi connectivity index (χ0n) is 6.46. The molecule has 1 saturated heterocycles. The van der Waals surface area contributed by atoms with Gasteiger partial charge in [-0.2, -0.15) is 0 Å². The van der Waals surface area contributed by atoms with Crippen molar-refractivity contribution < 1.29 is 9.13 Å². The highest BCUT2D eigenvalue weighted by molar-refractivity contribution is 5.17. The molecule has 1 fully saturated rings. The Labute approximate surface area is 69.6 Å². The van der Waals surface area contributed by atoms with Gasteiger partial charge in [0.25, 0.3) is 0 Å². The molecule has 4 heteroatoms. The molecular weight excluding hydrogens is 159 g/mol. The van der Waals surface area contributed by atoms with Gasteiger partial charge in [-0.05, 0) is 0 Å². The molecule has 0 aromatic carbocycles. The Balaban J connectivity index is 2.02. The van der Waals surface area contributed by atoms with E-state index in [2.05, 4.69) is 10.3 Å². The second-order valence-electron chi connectivity index (χ2n) is 2.74. The summed E-state index contributed by atoms with van der Waals surface area (Å²) in [6, 6.07) is 1.34. The Morgan fingerprint density at radius 1 is 1.50 bits per heavy atom. The summed E-state index contributed by atoms with van der Waals surface area (Å²) in [6.07, 6.45) is 2.85. The lowest BCUT2D eigenvalue weighted by atomic mass is 10.2.